The summed E-state index contributed by atoms with van der Waals surface area (Å²) in [6.45, 7) is -0.555. The van der Waals surface area contributed by atoms with Crippen molar-refractivity contribution < 1.29 is 30.0 Å². The van der Waals surface area contributed by atoms with E-state index < -0.39 is 43.2 Å². The van der Waals surface area contributed by atoms with E-state index in [9.17, 15) is 20.1 Å². The maximum atomic E-state index is 12.1. The van der Waals surface area contributed by atoms with E-state index in [0.717, 1.165) is 3.79 Å². The van der Waals surface area contributed by atoms with E-state index in [-0.39, 0.29) is 0 Å². The van der Waals surface area contributed by atoms with Crippen LogP contribution in [0.1, 0.15) is 9.67 Å². The summed E-state index contributed by atoms with van der Waals surface area (Å²) in [5.41, 5.74) is 0. The number of hydrogen-bond acceptors (Lipinski definition) is 7. The fourth-order valence-corrected chi connectivity index (χ4v) is 3.87. The minimum absolute atomic E-state index is 0.354. The number of ether oxygens (including phenoxy) is 1. The second-order valence-electron chi connectivity index (χ2n) is 4.46. The Morgan fingerprint density at radius 3 is 2.52 bits per heavy atom. The third kappa shape index (κ3) is 3.64. The van der Waals surface area contributed by atoms with Crippen LogP contribution in [0.4, 0.5) is 0 Å². The molecule has 1 saturated heterocycles. The maximum Gasteiger partial charge on any atom is 0.261 e. The molecule has 5 atom stereocenters. The fraction of sp³-hybridized carbons (Fsp3) is 0.545. The number of carbonyl (C=O) groups excluding carboxylic acids is 1. The number of thiophene rings is 1. The molecule has 0 aliphatic carbocycles. The first-order valence-electron chi connectivity index (χ1n) is 5.91. The molecule has 7 nitrogen and oxygen atoms in total. The summed E-state index contributed by atoms with van der Waals surface area (Å²) < 4.78 is 6.40. The van der Waals surface area contributed by atoms with Gasteiger partial charge in [0.1, 0.15) is 24.4 Å². The Labute approximate surface area is 140 Å². The highest BCUT2D eigenvalue weighted by molar-refractivity contribution is 9.13. The number of rotatable bonds is 3. The first kappa shape index (κ1) is 17.3. The Morgan fingerprint density at radius 1 is 1.33 bits per heavy atom. The van der Waals surface area contributed by atoms with Crippen molar-refractivity contribution in [3.05, 3.63) is 19.2 Å². The van der Waals surface area contributed by atoms with E-state index in [4.69, 9.17) is 9.84 Å². The maximum absolute atomic E-state index is 12.1. The zero-order valence-electron chi connectivity index (χ0n) is 10.4. The molecule has 0 spiro atoms. The van der Waals surface area contributed by atoms with Gasteiger partial charge in [0.05, 0.1) is 15.3 Å². The topological polar surface area (TPSA) is 119 Å². The van der Waals surface area contributed by atoms with Crippen molar-refractivity contribution >= 4 is 49.1 Å². The number of aliphatic hydroxyl groups is 4. The van der Waals surface area contributed by atoms with Crippen molar-refractivity contribution in [2.75, 3.05) is 6.61 Å². The standard InChI is InChI=1S/C11H13Br2NO6S/c12-3-1-5(21-9(3)13)10(18)14-6-8(17)7(16)4(2-15)20-11(6)19/h1,4,6-8,11,15-17,19H,2H2,(H,14,18)/t4-,6-,7-,8-,11+/m1/s1. The number of aliphatic hydroxyl groups excluding tert-OH is 4. The highest BCUT2D eigenvalue weighted by Crippen LogP contribution is 2.32. The van der Waals surface area contributed by atoms with Crippen molar-refractivity contribution in [3.63, 3.8) is 0 Å². The summed E-state index contributed by atoms with van der Waals surface area (Å²) in [4.78, 5) is 12.4. The van der Waals surface area contributed by atoms with Gasteiger partial charge in [0.2, 0.25) is 0 Å². The van der Waals surface area contributed by atoms with Gasteiger partial charge in [0, 0.05) is 4.47 Å². The summed E-state index contributed by atoms with van der Waals surface area (Å²) in [6.07, 6.45) is -5.50. The summed E-state index contributed by atoms with van der Waals surface area (Å²) in [5, 5.41) is 40.8. The van der Waals surface area contributed by atoms with Crippen LogP contribution in [0.2, 0.25) is 0 Å². The van der Waals surface area contributed by atoms with E-state index in [1.54, 1.807) is 6.07 Å². The van der Waals surface area contributed by atoms with Crippen molar-refractivity contribution in [1.82, 2.24) is 5.32 Å². The van der Waals surface area contributed by atoms with Crippen LogP contribution >= 0.6 is 43.2 Å². The minimum atomic E-state index is -1.53. The summed E-state index contributed by atoms with van der Waals surface area (Å²) >= 11 is 7.68. The molecular formula is C11H13Br2NO6S. The van der Waals surface area contributed by atoms with Gasteiger partial charge in [-0.15, -0.1) is 11.3 Å². The summed E-state index contributed by atoms with van der Waals surface area (Å²) in [6, 6.07) is 0.384. The normalized spacial score (nSPS) is 33.0. The molecule has 0 bridgehead atoms. The Hall–Kier alpha value is -0.0700. The lowest BCUT2D eigenvalue weighted by atomic mass is 9.97. The summed E-state index contributed by atoms with van der Waals surface area (Å²) in [5.74, 6) is -0.521. The molecule has 118 valence electrons. The number of amides is 1. The molecular weight excluding hydrogens is 434 g/mol. The van der Waals surface area contributed by atoms with Crippen molar-refractivity contribution in [2.45, 2.75) is 30.6 Å². The second-order valence-corrected chi connectivity index (χ2v) is 7.68. The quantitative estimate of drug-likeness (QED) is 0.438. The molecule has 2 heterocycles. The van der Waals surface area contributed by atoms with Crippen molar-refractivity contribution in [3.8, 4) is 0 Å². The lowest BCUT2D eigenvalue weighted by Crippen LogP contribution is -2.64. The van der Waals surface area contributed by atoms with Gasteiger partial charge in [-0.1, -0.05) is 0 Å². The largest absolute Gasteiger partial charge is 0.394 e. The van der Waals surface area contributed by atoms with Gasteiger partial charge in [-0.25, -0.2) is 0 Å². The van der Waals surface area contributed by atoms with Gasteiger partial charge in [-0.3, -0.25) is 4.79 Å². The molecule has 0 unspecified atom stereocenters. The Bertz CT molecular complexity index is 507. The van der Waals surface area contributed by atoms with Crippen LogP contribution in [0, 0.1) is 0 Å². The lowest BCUT2D eigenvalue weighted by molar-refractivity contribution is -0.252. The lowest BCUT2D eigenvalue weighted by Gasteiger charge is -2.40. The number of nitrogens with one attached hydrogen (secondary N) is 1. The molecule has 1 aromatic heterocycles. The average molecular weight is 447 g/mol. The molecule has 5 N–H and O–H groups in total. The fourth-order valence-electron chi connectivity index (χ4n) is 1.93. The highest BCUT2D eigenvalue weighted by atomic mass is 79.9. The molecule has 1 aliphatic heterocycles. The molecule has 0 radical (unpaired) electrons. The van der Waals surface area contributed by atoms with Gasteiger partial charge < -0.3 is 30.5 Å². The summed E-state index contributed by atoms with van der Waals surface area (Å²) in [7, 11) is 0. The highest BCUT2D eigenvalue weighted by Gasteiger charge is 2.44. The first-order valence-corrected chi connectivity index (χ1v) is 8.31. The third-order valence-electron chi connectivity index (χ3n) is 3.07. The van der Waals surface area contributed by atoms with Gasteiger partial charge in [0.25, 0.3) is 5.91 Å². The van der Waals surface area contributed by atoms with Crippen LogP contribution in [0.5, 0.6) is 0 Å². The molecule has 1 amide bonds. The van der Waals surface area contributed by atoms with E-state index >= 15 is 0 Å². The van der Waals surface area contributed by atoms with Crippen LogP contribution < -0.4 is 5.32 Å². The first-order chi connectivity index (χ1) is 9.85. The average Bonchev–Trinajstić information content (AvgIpc) is 2.78. The van der Waals surface area contributed by atoms with Gasteiger partial charge in [-0.2, -0.15) is 0 Å². The van der Waals surface area contributed by atoms with Crippen LogP contribution in [0.25, 0.3) is 0 Å². The monoisotopic (exact) mass is 445 g/mol. The molecule has 21 heavy (non-hydrogen) atoms. The van der Waals surface area contributed by atoms with E-state index in [1.807, 2.05) is 0 Å². The van der Waals surface area contributed by atoms with Crippen LogP contribution in [0.3, 0.4) is 0 Å². The zero-order chi connectivity index (χ0) is 15.7. The SMILES string of the molecule is O=C(N[C@@H]1[C@@H](O)[C@H](O)[C@@H](CO)O[C@@H]1O)c1cc(Br)c(Br)s1. The Balaban J connectivity index is 2.09. The third-order valence-corrected chi connectivity index (χ3v) is 6.32. The van der Waals surface area contributed by atoms with Gasteiger partial charge in [-0.05, 0) is 37.9 Å². The zero-order valence-corrected chi connectivity index (χ0v) is 14.4. The van der Waals surface area contributed by atoms with E-state index in [2.05, 4.69) is 37.2 Å². The second kappa shape index (κ2) is 7.01. The molecule has 1 aliphatic rings. The van der Waals surface area contributed by atoms with Crippen molar-refractivity contribution in [1.29, 1.82) is 0 Å². The molecule has 0 saturated carbocycles. The van der Waals surface area contributed by atoms with Crippen LogP contribution in [-0.4, -0.2) is 63.6 Å². The van der Waals surface area contributed by atoms with E-state index in [1.165, 1.54) is 11.3 Å². The van der Waals surface area contributed by atoms with Crippen molar-refractivity contribution in [2.24, 2.45) is 0 Å². The minimum Gasteiger partial charge on any atom is -0.394 e. The number of carbonyl (C=O) groups is 1. The Kier molecular flexibility index (Phi) is 5.77. The molecule has 10 heteroatoms. The molecule has 2 rings (SSSR count). The molecule has 1 fully saturated rings. The van der Waals surface area contributed by atoms with Crippen LogP contribution in [0.15, 0.2) is 14.3 Å². The number of hydrogen-bond donors (Lipinski definition) is 5. The van der Waals surface area contributed by atoms with E-state index in [0.29, 0.717) is 9.35 Å². The Morgan fingerprint density at radius 2 is 2.00 bits per heavy atom. The smallest absolute Gasteiger partial charge is 0.261 e. The molecule has 1 aromatic rings. The predicted molar refractivity (Wildman–Crippen MR) is 81.0 cm³/mol. The van der Waals surface area contributed by atoms with Gasteiger partial charge in [0.15, 0.2) is 6.29 Å². The molecule has 0 aromatic carbocycles. The van der Waals surface area contributed by atoms with Crippen LogP contribution in [-0.2, 0) is 4.74 Å². The van der Waals surface area contributed by atoms with Gasteiger partial charge >= 0.3 is 0 Å². The predicted octanol–water partition coefficient (Wildman–Crippen LogP) is -0.197. The number of halogens is 2.